The Morgan fingerprint density at radius 3 is 2.79 bits per heavy atom. The molecule has 0 atom stereocenters. The lowest BCUT2D eigenvalue weighted by Crippen LogP contribution is -1.98. The van der Waals surface area contributed by atoms with Gasteiger partial charge in [0.2, 0.25) is 11.7 Å². The summed E-state index contributed by atoms with van der Waals surface area (Å²) in [5.41, 5.74) is 0.792. The van der Waals surface area contributed by atoms with Crippen molar-refractivity contribution >= 4 is 11.6 Å². The third kappa shape index (κ3) is 3.17. The Balaban J connectivity index is 2.27. The maximum Gasteiger partial charge on any atom is 0.241 e. The lowest BCUT2D eigenvalue weighted by Gasteiger charge is -2.10. The molecule has 5 nitrogen and oxygen atoms in total. The molecule has 1 aromatic carbocycles. The number of halogens is 1. The number of nitrogens with zero attached hydrogens (tertiary/aromatic N) is 2. The van der Waals surface area contributed by atoms with E-state index in [2.05, 4.69) is 10.1 Å². The van der Waals surface area contributed by atoms with Crippen LogP contribution in [0.2, 0.25) is 0 Å². The van der Waals surface area contributed by atoms with Crippen molar-refractivity contribution in [1.82, 2.24) is 10.1 Å². The third-order valence-electron chi connectivity index (χ3n) is 2.47. The summed E-state index contributed by atoms with van der Waals surface area (Å²) in [7, 11) is 1.60. The molecule has 1 heterocycles. The van der Waals surface area contributed by atoms with Crippen molar-refractivity contribution in [3.05, 3.63) is 24.1 Å². The van der Waals surface area contributed by atoms with Crippen LogP contribution in [0, 0.1) is 0 Å². The Bertz CT molecular complexity index is 542. The average molecular weight is 283 g/mol. The van der Waals surface area contributed by atoms with E-state index in [0.29, 0.717) is 29.8 Å². The summed E-state index contributed by atoms with van der Waals surface area (Å²) in [5, 5.41) is 3.86. The molecule has 2 aromatic rings. The van der Waals surface area contributed by atoms with Gasteiger partial charge in [-0.25, -0.2) is 0 Å². The van der Waals surface area contributed by atoms with E-state index in [-0.39, 0.29) is 5.88 Å². The summed E-state index contributed by atoms with van der Waals surface area (Å²) in [6.45, 7) is 2.70. The van der Waals surface area contributed by atoms with Gasteiger partial charge in [0.05, 0.1) is 13.7 Å². The SMILES string of the molecule is CCCOc1ccc(-c2noc(CCl)n2)cc1OC. The second kappa shape index (κ2) is 6.43. The molecule has 0 fully saturated rings. The van der Waals surface area contributed by atoms with E-state index in [4.69, 9.17) is 25.6 Å². The minimum atomic E-state index is 0.196. The van der Waals surface area contributed by atoms with Crippen molar-refractivity contribution in [3.8, 4) is 22.9 Å². The van der Waals surface area contributed by atoms with E-state index >= 15 is 0 Å². The van der Waals surface area contributed by atoms with Gasteiger partial charge >= 0.3 is 0 Å². The zero-order valence-electron chi connectivity index (χ0n) is 10.9. The van der Waals surface area contributed by atoms with Crippen molar-refractivity contribution in [2.75, 3.05) is 13.7 Å². The molecule has 0 aliphatic carbocycles. The molecule has 6 heteroatoms. The highest BCUT2D eigenvalue weighted by molar-refractivity contribution is 6.16. The highest BCUT2D eigenvalue weighted by Gasteiger charge is 2.11. The quantitative estimate of drug-likeness (QED) is 0.761. The first-order valence-electron chi connectivity index (χ1n) is 5.98. The Labute approximate surface area is 116 Å². The molecule has 1 aromatic heterocycles. The van der Waals surface area contributed by atoms with Crippen molar-refractivity contribution in [1.29, 1.82) is 0 Å². The molecule has 0 unspecified atom stereocenters. The summed E-state index contributed by atoms with van der Waals surface area (Å²) in [6, 6.07) is 5.50. The first-order chi connectivity index (χ1) is 9.28. The summed E-state index contributed by atoms with van der Waals surface area (Å²) in [6.07, 6.45) is 0.939. The number of methoxy groups -OCH3 is 1. The number of benzene rings is 1. The topological polar surface area (TPSA) is 57.4 Å². The summed E-state index contributed by atoms with van der Waals surface area (Å²) >= 11 is 5.63. The second-order valence-corrected chi connectivity index (χ2v) is 4.13. The molecule has 0 aliphatic heterocycles. The Morgan fingerprint density at radius 1 is 1.32 bits per heavy atom. The maximum atomic E-state index is 5.63. The van der Waals surface area contributed by atoms with Gasteiger partial charge in [0.1, 0.15) is 5.88 Å². The van der Waals surface area contributed by atoms with E-state index in [0.717, 1.165) is 12.0 Å². The smallest absolute Gasteiger partial charge is 0.241 e. The van der Waals surface area contributed by atoms with Crippen LogP contribution in [0.25, 0.3) is 11.4 Å². The monoisotopic (exact) mass is 282 g/mol. The van der Waals surface area contributed by atoms with Gasteiger partial charge < -0.3 is 14.0 Å². The largest absolute Gasteiger partial charge is 0.493 e. The highest BCUT2D eigenvalue weighted by Crippen LogP contribution is 2.31. The van der Waals surface area contributed by atoms with Crippen LogP contribution in [0.4, 0.5) is 0 Å². The average Bonchev–Trinajstić information content (AvgIpc) is 2.93. The van der Waals surface area contributed by atoms with Gasteiger partial charge in [-0.15, -0.1) is 11.6 Å². The van der Waals surface area contributed by atoms with E-state index in [1.54, 1.807) is 7.11 Å². The molecule has 0 radical (unpaired) electrons. The summed E-state index contributed by atoms with van der Waals surface area (Å²) in [4.78, 5) is 4.16. The molecular weight excluding hydrogens is 268 g/mol. The molecule has 0 amide bonds. The van der Waals surface area contributed by atoms with Gasteiger partial charge in [-0.05, 0) is 24.6 Å². The fraction of sp³-hybridized carbons (Fsp3) is 0.385. The first kappa shape index (κ1) is 13.7. The summed E-state index contributed by atoms with van der Waals surface area (Å²) < 4.78 is 15.9. The number of alkyl halides is 1. The summed E-state index contributed by atoms with van der Waals surface area (Å²) in [5.74, 6) is 2.41. The van der Waals surface area contributed by atoms with E-state index in [1.165, 1.54) is 0 Å². The van der Waals surface area contributed by atoms with Crippen LogP contribution in [0.3, 0.4) is 0 Å². The van der Waals surface area contributed by atoms with Gasteiger partial charge in [0, 0.05) is 5.56 Å². The molecule has 0 N–H and O–H groups in total. The van der Waals surface area contributed by atoms with Gasteiger partial charge in [0.15, 0.2) is 11.5 Å². The Morgan fingerprint density at radius 2 is 2.16 bits per heavy atom. The van der Waals surface area contributed by atoms with E-state index < -0.39 is 0 Å². The Kier molecular flexibility index (Phi) is 4.63. The number of hydrogen-bond donors (Lipinski definition) is 0. The fourth-order valence-corrected chi connectivity index (χ4v) is 1.67. The van der Waals surface area contributed by atoms with Crippen LogP contribution in [0.5, 0.6) is 11.5 Å². The minimum absolute atomic E-state index is 0.196. The molecule has 19 heavy (non-hydrogen) atoms. The van der Waals surface area contributed by atoms with Crippen LogP contribution in [-0.4, -0.2) is 23.9 Å². The highest BCUT2D eigenvalue weighted by atomic mass is 35.5. The molecule has 0 saturated carbocycles. The predicted octanol–water partition coefficient (Wildman–Crippen LogP) is 3.27. The van der Waals surface area contributed by atoms with Crippen LogP contribution in [0.1, 0.15) is 19.2 Å². The molecule has 102 valence electrons. The zero-order valence-corrected chi connectivity index (χ0v) is 11.6. The number of aromatic nitrogens is 2. The van der Waals surface area contributed by atoms with Crippen molar-refractivity contribution < 1.29 is 14.0 Å². The minimum Gasteiger partial charge on any atom is -0.493 e. The van der Waals surface area contributed by atoms with Gasteiger partial charge in [-0.3, -0.25) is 0 Å². The molecule has 0 aliphatic rings. The van der Waals surface area contributed by atoms with E-state index in [9.17, 15) is 0 Å². The molecular formula is C13H15ClN2O3. The van der Waals surface area contributed by atoms with Crippen molar-refractivity contribution in [2.24, 2.45) is 0 Å². The number of ether oxygens (including phenoxy) is 2. The van der Waals surface area contributed by atoms with Crippen LogP contribution in [0.15, 0.2) is 22.7 Å². The maximum absolute atomic E-state index is 5.63. The van der Waals surface area contributed by atoms with E-state index in [1.807, 2.05) is 25.1 Å². The van der Waals surface area contributed by atoms with Gasteiger partial charge in [-0.1, -0.05) is 12.1 Å². The molecule has 0 saturated heterocycles. The van der Waals surface area contributed by atoms with Gasteiger partial charge in [0.25, 0.3) is 0 Å². The number of rotatable bonds is 6. The standard InChI is InChI=1S/C13H15ClN2O3/c1-3-6-18-10-5-4-9(7-11(10)17-2)13-15-12(8-14)19-16-13/h4-5,7H,3,6,8H2,1-2H3. The lowest BCUT2D eigenvalue weighted by atomic mass is 10.2. The second-order valence-electron chi connectivity index (χ2n) is 3.86. The molecule has 2 rings (SSSR count). The van der Waals surface area contributed by atoms with Crippen molar-refractivity contribution in [3.63, 3.8) is 0 Å². The molecule has 0 bridgehead atoms. The number of hydrogen-bond acceptors (Lipinski definition) is 5. The first-order valence-corrected chi connectivity index (χ1v) is 6.51. The molecule has 0 spiro atoms. The third-order valence-corrected chi connectivity index (χ3v) is 2.69. The van der Waals surface area contributed by atoms with Crippen LogP contribution < -0.4 is 9.47 Å². The van der Waals surface area contributed by atoms with Crippen molar-refractivity contribution in [2.45, 2.75) is 19.2 Å². The lowest BCUT2D eigenvalue weighted by molar-refractivity contribution is 0.294. The Hall–Kier alpha value is -1.75. The normalized spacial score (nSPS) is 10.5. The van der Waals surface area contributed by atoms with Crippen LogP contribution in [-0.2, 0) is 5.88 Å². The van der Waals surface area contributed by atoms with Crippen LogP contribution >= 0.6 is 11.6 Å². The predicted molar refractivity (Wildman–Crippen MR) is 71.6 cm³/mol. The fourth-order valence-electron chi connectivity index (χ4n) is 1.56. The van der Waals surface area contributed by atoms with Gasteiger partial charge in [-0.2, -0.15) is 4.98 Å². The zero-order chi connectivity index (χ0) is 13.7.